The third kappa shape index (κ3) is 3.54. The number of esters is 2. The normalized spacial score (nSPS) is 10.5. The number of hydrogen-bond acceptors (Lipinski definition) is 7. The van der Waals surface area contributed by atoms with Crippen molar-refractivity contribution in [2.24, 2.45) is 0 Å². The number of nitrogens with zero attached hydrogens (tertiary/aromatic N) is 2. The Bertz CT molecular complexity index is 879. The molecule has 1 heterocycles. The van der Waals surface area contributed by atoms with Crippen molar-refractivity contribution >= 4 is 33.7 Å². The molecule has 0 saturated heterocycles. The van der Waals surface area contributed by atoms with Gasteiger partial charge in [0, 0.05) is 0 Å². The van der Waals surface area contributed by atoms with Crippen molar-refractivity contribution in [2.45, 2.75) is 0 Å². The van der Waals surface area contributed by atoms with Gasteiger partial charge < -0.3 is 9.47 Å². The van der Waals surface area contributed by atoms with E-state index in [1.54, 1.807) is 18.2 Å². The minimum atomic E-state index is -0.611. The van der Waals surface area contributed by atoms with E-state index in [4.69, 9.17) is 9.47 Å². The van der Waals surface area contributed by atoms with Crippen molar-refractivity contribution in [3.63, 3.8) is 0 Å². The molecule has 0 spiro atoms. The van der Waals surface area contributed by atoms with E-state index in [9.17, 15) is 14.0 Å². The van der Waals surface area contributed by atoms with E-state index in [1.165, 1.54) is 24.3 Å². The summed E-state index contributed by atoms with van der Waals surface area (Å²) in [7, 11) is 0. The highest BCUT2D eigenvalue weighted by Crippen LogP contribution is 2.20. The zero-order valence-electron chi connectivity index (χ0n) is 12.3. The molecule has 0 aliphatic rings. The van der Waals surface area contributed by atoms with Crippen LogP contribution in [0.2, 0.25) is 0 Å². The van der Waals surface area contributed by atoms with Gasteiger partial charge in [-0.2, -0.15) is 0 Å². The molecule has 0 aliphatic heterocycles. The number of fused-ring (bicyclic) bond motifs is 1. The van der Waals surface area contributed by atoms with Crippen LogP contribution in [0.25, 0.3) is 10.2 Å². The second-order valence-electron chi connectivity index (χ2n) is 4.71. The third-order valence-corrected chi connectivity index (χ3v) is 3.90. The highest BCUT2D eigenvalue weighted by Gasteiger charge is 2.14. The van der Waals surface area contributed by atoms with Crippen molar-refractivity contribution in [3.8, 4) is 0 Å². The molecule has 0 N–H and O–H groups in total. The highest BCUT2D eigenvalue weighted by molar-refractivity contribution is 7.13. The molecule has 2 aromatic carbocycles. The molecule has 0 unspecified atom stereocenters. The Hall–Kier alpha value is -2.87. The molecule has 0 bridgehead atoms. The second-order valence-corrected chi connectivity index (χ2v) is 5.46. The second kappa shape index (κ2) is 7.14. The lowest BCUT2D eigenvalue weighted by atomic mass is 10.2. The van der Waals surface area contributed by atoms with Crippen LogP contribution in [0, 0.1) is 5.82 Å². The van der Waals surface area contributed by atoms with Crippen LogP contribution >= 0.6 is 11.5 Å². The molecule has 122 valence electrons. The summed E-state index contributed by atoms with van der Waals surface area (Å²) in [5.41, 5.74) is 1.22. The summed E-state index contributed by atoms with van der Waals surface area (Å²) in [6.07, 6.45) is 0. The first-order chi connectivity index (χ1) is 11.6. The maximum absolute atomic E-state index is 12.8. The molecule has 6 nitrogen and oxygen atoms in total. The maximum Gasteiger partial charge on any atom is 0.339 e. The predicted octanol–water partition coefficient (Wildman–Crippen LogP) is 2.84. The monoisotopic (exact) mass is 346 g/mol. The molecule has 0 amide bonds. The lowest BCUT2D eigenvalue weighted by molar-refractivity contribution is 0.0267. The number of rotatable bonds is 5. The van der Waals surface area contributed by atoms with E-state index < -0.39 is 17.8 Å². The van der Waals surface area contributed by atoms with Crippen LogP contribution in [0.15, 0.2) is 42.5 Å². The summed E-state index contributed by atoms with van der Waals surface area (Å²) in [6.45, 7) is -0.187. The molecule has 1 aromatic heterocycles. The summed E-state index contributed by atoms with van der Waals surface area (Å²) < 4.78 is 27.3. The van der Waals surface area contributed by atoms with Gasteiger partial charge in [0.05, 0.1) is 15.8 Å². The molecular formula is C16H11FN2O4S. The third-order valence-electron chi connectivity index (χ3n) is 3.12. The number of carbonyl (C=O) groups excluding carboxylic acids is 2. The molecule has 0 saturated carbocycles. The first-order valence-corrected chi connectivity index (χ1v) is 7.73. The maximum atomic E-state index is 12.8. The van der Waals surface area contributed by atoms with Crippen LogP contribution in [0.4, 0.5) is 4.39 Å². The fourth-order valence-corrected chi connectivity index (χ4v) is 2.64. The number of ether oxygens (including phenoxy) is 2. The van der Waals surface area contributed by atoms with Crippen LogP contribution in [0.3, 0.4) is 0 Å². The minimum absolute atomic E-state index is 0.0889. The molecule has 0 fully saturated rings. The number of hydrogen-bond donors (Lipinski definition) is 0. The first-order valence-electron chi connectivity index (χ1n) is 6.96. The van der Waals surface area contributed by atoms with Gasteiger partial charge >= 0.3 is 11.9 Å². The van der Waals surface area contributed by atoms with Crippen LogP contribution < -0.4 is 0 Å². The average Bonchev–Trinajstić information content (AvgIpc) is 3.07. The van der Waals surface area contributed by atoms with E-state index in [1.807, 2.05) is 0 Å². The molecule has 24 heavy (non-hydrogen) atoms. The first kappa shape index (κ1) is 16.0. The minimum Gasteiger partial charge on any atom is -0.458 e. The Morgan fingerprint density at radius 1 is 1.00 bits per heavy atom. The summed E-state index contributed by atoms with van der Waals surface area (Å²) >= 11 is 1.11. The fourth-order valence-electron chi connectivity index (χ4n) is 1.98. The molecular weight excluding hydrogens is 335 g/mol. The lowest BCUT2D eigenvalue weighted by Gasteiger charge is -2.07. The highest BCUT2D eigenvalue weighted by atomic mass is 32.1. The Morgan fingerprint density at radius 3 is 2.46 bits per heavy atom. The fraction of sp³-hybridized carbons (Fsp3) is 0.125. The quantitative estimate of drug-likeness (QED) is 0.522. The molecule has 3 aromatic rings. The van der Waals surface area contributed by atoms with Crippen LogP contribution in [0.1, 0.15) is 20.7 Å². The van der Waals surface area contributed by atoms with E-state index in [0.29, 0.717) is 15.8 Å². The summed E-state index contributed by atoms with van der Waals surface area (Å²) in [5.74, 6) is -1.59. The Morgan fingerprint density at radius 2 is 1.71 bits per heavy atom. The van der Waals surface area contributed by atoms with Crippen molar-refractivity contribution in [3.05, 3.63) is 59.4 Å². The largest absolute Gasteiger partial charge is 0.458 e. The Balaban J connectivity index is 1.51. The smallest absolute Gasteiger partial charge is 0.339 e. The summed E-state index contributed by atoms with van der Waals surface area (Å²) in [6, 6.07) is 10.0. The average molecular weight is 346 g/mol. The Kier molecular flexibility index (Phi) is 4.76. The van der Waals surface area contributed by atoms with Gasteiger partial charge in [-0.3, -0.25) is 0 Å². The van der Waals surface area contributed by atoms with Crippen molar-refractivity contribution in [2.75, 3.05) is 13.2 Å². The predicted molar refractivity (Wildman–Crippen MR) is 84.4 cm³/mol. The van der Waals surface area contributed by atoms with E-state index in [0.717, 1.165) is 11.5 Å². The van der Waals surface area contributed by atoms with Gasteiger partial charge in [0.1, 0.15) is 24.5 Å². The zero-order valence-corrected chi connectivity index (χ0v) is 13.1. The number of aromatic nitrogens is 2. The zero-order chi connectivity index (χ0) is 16.9. The molecule has 0 atom stereocenters. The van der Waals surface area contributed by atoms with Gasteiger partial charge in [-0.1, -0.05) is 10.6 Å². The van der Waals surface area contributed by atoms with Gasteiger partial charge in [0.2, 0.25) is 0 Å². The standard InChI is InChI=1S/C16H11FN2O4S/c17-11-6-4-10(5-7-11)15(20)22-8-9-23-16(21)12-2-1-3-13-14(12)24-19-18-13/h1-7H,8-9H2. The summed E-state index contributed by atoms with van der Waals surface area (Å²) in [5, 5.41) is 3.89. The molecule has 0 radical (unpaired) electrons. The van der Waals surface area contributed by atoms with Crippen molar-refractivity contribution in [1.29, 1.82) is 0 Å². The number of halogens is 1. The van der Waals surface area contributed by atoms with Gasteiger partial charge in [0.15, 0.2) is 0 Å². The van der Waals surface area contributed by atoms with E-state index in [2.05, 4.69) is 9.59 Å². The number of carbonyl (C=O) groups is 2. The number of benzene rings is 2. The van der Waals surface area contributed by atoms with Gasteiger partial charge in [-0.25, -0.2) is 14.0 Å². The van der Waals surface area contributed by atoms with E-state index >= 15 is 0 Å². The van der Waals surface area contributed by atoms with Crippen molar-refractivity contribution in [1.82, 2.24) is 9.59 Å². The van der Waals surface area contributed by atoms with Crippen molar-refractivity contribution < 1.29 is 23.5 Å². The van der Waals surface area contributed by atoms with Crippen LogP contribution in [-0.2, 0) is 9.47 Å². The summed E-state index contributed by atoms with van der Waals surface area (Å²) in [4.78, 5) is 23.8. The van der Waals surface area contributed by atoms with Crippen LogP contribution in [-0.4, -0.2) is 34.7 Å². The van der Waals surface area contributed by atoms with Gasteiger partial charge in [-0.15, -0.1) is 5.10 Å². The topological polar surface area (TPSA) is 78.4 Å². The van der Waals surface area contributed by atoms with Gasteiger partial charge in [-0.05, 0) is 47.9 Å². The van der Waals surface area contributed by atoms with Crippen LogP contribution in [0.5, 0.6) is 0 Å². The molecule has 3 rings (SSSR count). The lowest BCUT2D eigenvalue weighted by Crippen LogP contribution is -2.14. The van der Waals surface area contributed by atoms with E-state index in [-0.39, 0.29) is 18.8 Å². The van der Waals surface area contributed by atoms with Gasteiger partial charge in [0.25, 0.3) is 0 Å². The molecule has 0 aliphatic carbocycles. The molecule has 8 heteroatoms. The SMILES string of the molecule is O=C(OCCOC(=O)c1cccc2nnsc12)c1ccc(F)cc1. The Labute approximate surface area is 140 Å².